The van der Waals surface area contributed by atoms with Crippen molar-refractivity contribution in [1.82, 2.24) is 19.9 Å². The lowest BCUT2D eigenvalue weighted by Gasteiger charge is -2.46. The van der Waals surface area contributed by atoms with Crippen molar-refractivity contribution in [2.24, 2.45) is 0 Å². The maximum Gasteiger partial charge on any atom is 0.250 e. The van der Waals surface area contributed by atoms with Crippen LogP contribution in [-0.4, -0.2) is 51.0 Å². The van der Waals surface area contributed by atoms with Crippen molar-refractivity contribution >= 4 is 28.4 Å². The summed E-state index contributed by atoms with van der Waals surface area (Å²) in [5.41, 5.74) is 4.33. The Kier molecular flexibility index (Phi) is 3.96. The summed E-state index contributed by atoms with van der Waals surface area (Å²) in [7, 11) is 0. The SMILES string of the molecule is O=C1[C@H]2Cc3c([nH]c4ccccc34)[C@@H](c3ccc4c(c3)OCO4)N2C(=O)CN1c1cncnc1. The van der Waals surface area contributed by atoms with E-state index in [1.54, 1.807) is 17.3 Å². The maximum absolute atomic E-state index is 13.8. The lowest BCUT2D eigenvalue weighted by molar-refractivity contribution is -0.145. The standard InChI is InChI=1S/C25H19N5O4/c31-22-11-29(15-9-26-12-27-10-15)25(32)19-8-17-16-3-1-2-4-18(16)28-23(17)24(30(19)22)14-5-6-20-21(7-14)34-13-33-20/h1-7,9-10,12,19,24,28H,8,11,13H2/t19-,24-/m1/s1. The van der Waals surface area contributed by atoms with Crippen molar-refractivity contribution in [3.63, 3.8) is 0 Å². The Labute approximate surface area is 193 Å². The molecule has 0 unspecified atom stereocenters. The largest absolute Gasteiger partial charge is 0.454 e. The Morgan fingerprint density at radius 2 is 1.82 bits per heavy atom. The van der Waals surface area contributed by atoms with Gasteiger partial charge in [-0.3, -0.25) is 14.5 Å². The summed E-state index contributed by atoms with van der Waals surface area (Å²) in [6.45, 7) is 0.0955. The van der Waals surface area contributed by atoms with Gasteiger partial charge in [0.1, 0.15) is 18.9 Å². The van der Waals surface area contributed by atoms with E-state index in [1.165, 1.54) is 11.2 Å². The molecule has 0 bridgehead atoms. The first-order valence-corrected chi connectivity index (χ1v) is 11.1. The van der Waals surface area contributed by atoms with E-state index in [2.05, 4.69) is 21.0 Å². The third kappa shape index (κ3) is 2.67. The highest BCUT2D eigenvalue weighted by atomic mass is 16.7. The van der Waals surface area contributed by atoms with Crippen LogP contribution < -0.4 is 14.4 Å². The van der Waals surface area contributed by atoms with Crippen LogP contribution in [0.3, 0.4) is 0 Å². The van der Waals surface area contributed by atoms with Crippen molar-refractivity contribution in [2.75, 3.05) is 18.2 Å². The third-order valence-corrected chi connectivity index (χ3v) is 6.83. The number of nitrogens with zero attached hydrogens (tertiary/aromatic N) is 4. The van der Waals surface area contributed by atoms with E-state index >= 15 is 0 Å². The molecule has 4 aromatic rings. The van der Waals surface area contributed by atoms with Crippen LogP contribution in [0, 0.1) is 0 Å². The number of H-pyrrole nitrogens is 1. The van der Waals surface area contributed by atoms with Gasteiger partial charge in [0.2, 0.25) is 12.7 Å². The molecule has 2 aromatic carbocycles. The number of fused-ring (bicyclic) bond motifs is 5. The molecule has 3 aliphatic heterocycles. The van der Waals surface area contributed by atoms with E-state index < -0.39 is 12.1 Å². The first kappa shape index (κ1) is 19.1. The van der Waals surface area contributed by atoms with Gasteiger partial charge in [0.25, 0.3) is 5.91 Å². The van der Waals surface area contributed by atoms with E-state index in [0.717, 1.165) is 27.7 Å². The molecular weight excluding hydrogens is 434 g/mol. The first-order chi connectivity index (χ1) is 16.7. The van der Waals surface area contributed by atoms with Gasteiger partial charge in [-0.2, -0.15) is 0 Å². The molecule has 1 saturated heterocycles. The quantitative estimate of drug-likeness (QED) is 0.501. The molecule has 2 aromatic heterocycles. The first-order valence-electron chi connectivity index (χ1n) is 11.1. The van der Waals surface area contributed by atoms with E-state index in [9.17, 15) is 9.59 Å². The van der Waals surface area contributed by atoms with Crippen LogP contribution in [0.5, 0.6) is 11.5 Å². The molecule has 5 heterocycles. The zero-order valence-corrected chi connectivity index (χ0v) is 18.0. The predicted octanol–water partition coefficient (Wildman–Crippen LogP) is 2.58. The number of hydrogen-bond donors (Lipinski definition) is 1. The Hall–Kier alpha value is -4.40. The molecule has 7 rings (SSSR count). The molecule has 9 nitrogen and oxygen atoms in total. The van der Waals surface area contributed by atoms with Gasteiger partial charge in [0.05, 0.1) is 24.1 Å². The van der Waals surface area contributed by atoms with Crippen molar-refractivity contribution in [3.8, 4) is 11.5 Å². The fourth-order valence-corrected chi connectivity index (χ4v) is 5.34. The zero-order chi connectivity index (χ0) is 22.8. The topological polar surface area (TPSA) is 101 Å². The number of aromatic nitrogens is 3. The summed E-state index contributed by atoms with van der Waals surface area (Å²) in [5.74, 6) is 1.02. The summed E-state index contributed by atoms with van der Waals surface area (Å²) in [5, 5.41) is 1.06. The number of carbonyl (C=O) groups is 2. The van der Waals surface area contributed by atoms with Crippen LogP contribution in [0.2, 0.25) is 0 Å². The molecule has 0 radical (unpaired) electrons. The number of aromatic amines is 1. The molecule has 2 atom stereocenters. The van der Waals surface area contributed by atoms with Crippen molar-refractivity contribution < 1.29 is 19.1 Å². The van der Waals surface area contributed by atoms with Crippen molar-refractivity contribution in [3.05, 3.63) is 78.0 Å². The van der Waals surface area contributed by atoms with Crippen molar-refractivity contribution in [1.29, 1.82) is 0 Å². The number of para-hydroxylation sites is 1. The van der Waals surface area contributed by atoms with Gasteiger partial charge in [0.15, 0.2) is 11.5 Å². The van der Waals surface area contributed by atoms with E-state index in [4.69, 9.17) is 9.47 Å². The number of carbonyl (C=O) groups excluding carboxylic acids is 2. The number of rotatable bonds is 2. The number of amides is 2. The summed E-state index contributed by atoms with van der Waals surface area (Å²) >= 11 is 0. The predicted molar refractivity (Wildman–Crippen MR) is 121 cm³/mol. The van der Waals surface area contributed by atoms with E-state index in [1.807, 2.05) is 36.4 Å². The molecule has 2 amide bonds. The Morgan fingerprint density at radius 1 is 1.00 bits per heavy atom. The Balaban J connectivity index is 1.41. The van der Waals surface area contributed by atoms with Gasteiger partial charge in [-0.05, 0) is 29.3 Å². The van der Waals surface area contributed by atoms with Crippen LogP contribution in [-0.2, 0) is 16.0 Å². The average Bonchev–Trinajstić information content (AvgIpc) is 3.49. The minimum atomic E-state index is -0.649. The second-order valence-corrected chi connectivity index (χ2v) is 8.62. The summed E-state index contributed by atoms with van der Waals surface area (Å²) < 4.78 is 11.1. The van der Waals surface area contributed by atoms with Gasteiger partial charge in [-0.15, -0.1) is 0 Å². The van der Waals surface area contributed by atoms with Crippen LogP contribution in [0.15, 0.2) is 61.2 Å². The number of anilines is 1. The third-order valence-electron chi connectivity index (χ3n) is 6.83. The molecule has 1 N–H and O–H groups in total. The second kappa shape index (κ2) is 7.05. The summed E-state index contributed by atoms with van der Waals surface area (Å²) in [6.07, 6.45) is 4.95. The highest BCUT2D eigenvalue weighted by Gasteiger charge is 2.48. The fourth-order valence-electron chi connectivity index (χ4n) is 5.34. The molecule has 0 aliphatic carbocycles. The van der Waals surface area contributed by atoms with Gasteiger partial charge in [-0.1, -0.05) is 24.3 Å². The van der Waals surface area contributed by atoms with E-state index in [0.29, 0.717) is 23.6 Å². The number of piperazine rings is 1. The number of nitrogens with one attached hydrogen (secondary N) is 1. The smallest absolute Gasteiger partial charge is 0.250 e. The number of ether oxygens (including phenoxy) is 2. The molecule has 9 heteroatoms. The monoisotopic (exact) mass is 453 g/mol. The summed E-state index contributed by atoms with van der Waals surface area (Å²) in [6, 6.07) is 12.6. The lowest BCUT2D eigenvalue weighted by Crippen LogP contribution is -2.63. The number of benzene rings is 2. The molecule has 0 saturated carbocycles. The van der Waals surface area contributed by atoms with Gasteiger partial charge in [-0.25, -0.2) is 9.97 Å². The van der Waals surface area contributed by atoms with Gasteiger partial charge < -0.3 is 19.4 Å². The van der Waals surface area contributed by atoms with Crippen LogP contribution in [0.25, 0.3) is 10.9 Å². The minimum Gasteiger partial charge on any atom is -0.454 e. The average molecular weight is 453 g/mol. The lowest BCUT2D eigenvalue weighted by atomic mass is 9.86. The maximum atomic E-state index is 13.8. The molecule has 3 aliphatic rings. The molecule has 168 valence electrons. The summed E-state index contributed by atoms with van der Waals surface area (Å²) in [4.78, 5) is 42.2. The Bertz CT molecular complexity index is 1470. The second-order valence-electron chi connectivity index (χ2n) is 8.62. The van der Waals surface area contributed by atoms with Gasteiger partial charge in [0, 0.05) is 23.0 Å². The normalized spacial score (nSPS) is 21.1. The molecule has 0 spiro atoms. The highest BCUT2D eigenvalue weighted by Crippen LogP contribution is 2.45. The van der Waals surface area contributed by atoms with Crippen LogP contribution >= 0.6 is 0 Å². The van der Waals surface area contributed by atoms with E-state index in [-0.39, 0.29) is 25.2 Å². The molecular formula is C25H19N5O4. The van der Waals surface area contributed by atoms with Crippen molar-refractivity contribution in [2.45, 2.75) is 18.5 Å². The van der Waals surface area contributed by atoms with Crippen LogP contribution in [0.1, 0.15) is 22.9 Å². The highest BCUT2D eigenvalue weighted by molar-refractivity contribution is 6.07. The van der Waals surface area contributed by atoms with Crippen LogP contribution in [0.4, 0.5) is 5.69 Å². The zero-order valence-electron chi connectivity index (χ0n) is 18.0. The number of hydrogen-bond acceptors (Lipinski definition) is 6. The molecule has 34 heavy (non-hydrogen) atoms. The van der Waals surface area contributed by atoms with Gasteiger partial charge >= 0.3 is 0 Å². The molecule has 1 fully saturated rings. The fraction of sp³-hybridized carbons (Fsp3) is 0.200. The minimum absolute atomic E-state index is 0.0701. The Morgan fingerprint density at radius 3 is 2.71 bits per heavy atom.